The number of allylic oxidation sites excluding steroid dienone is 1. The summed E-state index contributed by atoms with van der Waals surface area (Å²) in [5, 5.41) is 0. The van der Waals surface area contributed by atoms with Crippen LogP contribution in [-0.4, -0.2) is 49.2 Å². The van der Waals surface area contributed by atoms with Gasteiger partial charge in [-0.2, -0.15) is 0 Å². The van der Waals surface area contributed by atoms with Crippen molar-refractivity contribution >= 4 is 34.0 Å². The Labute approximate surface area is 186 Å². The Hall–Kier alpha value is -2.48. The molecule has 0 atom stereocenters. The second-order valence-electron chi connectivity index (χ2n) is 7.66. The van der Waals surface area contributed by atoms with Crippen LogP contribution in [0.2, 0.25) is 0 Å². The van der Waals surface area contributed by atoms with E-state index >= 15 is 0 Å². The number of rotatable bonds is 6. The third kappa shape index (κ3) is 5.56. The molecule has 7 nitrogen and oxygen atoms in total. The summed E-state index contributed by atoms with van der Waals surface area (Å²) in [5.41, 5.74) is 8.76. The predicted molar refractivity (Wildman–Crippen MR) is 122 cm³/mol. The van der Waals surface area contributed by atoms with E-state index in [-0.39, 0.29) is 18.3 Å². The van der Waals surface area contributed by atoms with E-state index in [9.17, 15) is 4.79 Å². The van der Waals surface area contributed by atoms with Crippen LogP contribution in [0.1, 0.15) is 32.3 Å². The molecular weight excluding hydrogens is 448 g/mol. The molecule has 162 valence electrons. The van der Waals surface area contributed by atoms with Crippen LogP contribution in [0.15, 0.2) is 51.9 Å². The Morgan fingerprint density at radius 1 is 1.33 bits per heavy atom. The second-order valence-corrected chi connectivity index (χ2v) is 8.58. The number of aliphatic imine (C=N–C) groups is 1. The van der Waals surface area contributed by atoms with Gasteiger partial charge < -0.3 is 25.0 Å². The minimum Gasteiger partial charge on any atom is -0.474 e. The van der Waals surface area contributed by atoms with Crippen LogP contribution in [0.5, 0.6) is 0 Å². The summed E-state index contributed by atoms with van der Waals surface area (Å²) < 4.78 is 12.4. The van der Waals surface area contributed by atoms with E-state index in [0.29, 0.717) is 31.8 Å². The number of hydrogen-bond acceptors (Lipinski definition) is 5. The summed E-state index contributed by atoms with van der Waals surface area (Å²) >= 11 is 3.52. The average Bonchev–Trinajstić information content (AvgIpc) is 3.11. The van der Waals surface area contributed by atoms with Gasteiger partial charge in [0.05, 0.1) is 12.4 Å². The van der Waals surface area contributed by atoms with E-state index in [4.69, 9.17) is 15.2 Å². The smallest absolute Gasteiger partial charge is 0.410 e. The number of likely N-dealkylation sites (tertiary alicyclic amines) is 1. The number of nitrogens with two attached hydrogens (primary N) is 1. The van der Waals surface area contributed by atoms with Gasteiger partial charge in [0.15, 0.2) is 0 Å². The van der Waals surface area contributed by atoms with Gasteiger partial charge >= 0.3 is 6.09 Å². The third-order valence-corrected chi connectivity index (χ3v) is 5.59. The number of fused-ring (bicyclic) bond motifs is 1. The number of ether oxygens (including phenoxy) is 2. The molecule has 1 amide bonds. The molecule has 0 unspecified atom stereocenters. The lowest BCUT2D eigenvalue weighted by atomic mass is 10.1. The molecule has 2 N–H and O–H groups in total. The summed E-state index contributed by atoms with van der Waals surface area (Å²) in [6, 6.07) is 6.26. The van der Waals surface area contributed by atoms with Gasteiger partial charge in [-0.15, -0.1) is 0 Å². The summed E-state index contributed by atoms with van der Waals surface area (Å²) in [6.45, 7) is 9.94. The quantitative estimate of drug-likeness (QED) is 0.288. The lowest BCUT2D eigenvalue weighted by Gasteiger charge is -2.32. The summed E-state index contributed by atoms with van der Waals surface area (Å²) in [7, 11) is 0. The lowest BCUT2D eigenvalue weighted by Crippen LogP contribution is -2.41. The minimum atomic E-state index is -0.271. The number of hydrogen-bond donors (Lipinski definition) is 1. The number of nitrogens with zero attached hydrogens (tertiary/aromatic N) is 3. The van der Waals surface area contributed by atoms with Crippen LogP contribution in [0.25, 0.3) is 0 Å². The first-order chi connectivity index (χ1) is 14.4. The topological polar surface area (TPSA) is 80.4 Å². The molecule has 2 aliphatic heterocycles. The first-order valence-corrected chi connectivity index (χ1v) is 11.0. The molecule has 0 aromatic heterocycles. The van der Waals surface area contributed by atoms with Crippen molar-refractivity contribution in [3.63, 3.8) is 0 Å². The van der Waals surface area contributed by atoms with Crippen molar-refractivity contribution in [2.24, 2.45) is 10.7 Å². The summed E-state index contributed by atoms with van der Waals surface area (Å²) in [4.78, 5) is 20.1. The highest BCUT2D eigenvalue weighted by atomic mass is 79.9. The molecule has 2 heterocycles. The molecule has 3 rings (SSSR count). The second kappa shape index (κ2) is 10.0. The zero-order chi connectivity index (χ0) is 21.7. The van der Waals surface area contributed by atoms with Gasteiger partial charge in [0.2, 0.25) is 5.88 Å². The van der Waals surface area contributed by atoms with Gasteiger partial charge in [0.1, 0.15) is 6.10 Å². The maximum absolute atomic E-state index is 12.0. The van der Waals surface area contributed by atoms with E-state index in [1.165, 1.54) is 11.9 Å². The predicted octanol–water partition coefficient (Wildman–Crippen LogP) is 4.18. The molecule has 0 spiro atoms. The van der Waals surface area contributed by atoms with E-state index in [1.54, 1.807) is 4.90 Å². The van der Waals surface area contributed by atoms with E-state index in [0.717, 1.165) is 28.8 Å². The highest BCUT2D eigenvalue weighted by Crippen LogP contribution is 2.33. The molecule has 0 aliphatic carbocycles. The van der Waals surface area contributed by atoms with Crippen molar-refractivity contribution in [1.82, 2.24) is 4.90 Å². The molecule has 1 fully saturated rings. The Morgan fingerprint density at radius 3 is 2.73 bits per heavy atom. The van der Waals surface area contributed by atoms with Gasteiger partial charge in [-0.25, -0.2) is 9.79 Å². The Kier molecular flexibility index (Phi) is 7.42. The lowest BCUT2D eigenvalue weighted by molar-refractivity contribution is 0.0312. The monoisotopic (exact) mass is 476 g/mol. The van der Waals surface area contributed by atoms with E-state index in [2.05, 4.69) is 44.5 Å². The number of carbonyl (C=O) groups is 1. The van der Waals surface area contributed by atoms with Crippen molar-refractivity contribution in [3.05, 3.63) is 52.5 Å². The fraction of sp³-hybridized carbons (Fsp3) is 0.455. The third-order valence-electron chi connectivity index (χ3n) is 5.10. The van der Waals surface area contributed by atoms with Gasteiger partial charge in [-0.05, 0) is 44.0 Å². The van der Waals surface area contributed by atoms with Crippen molar-refractivity contribution < 1.29 is 14.3 Å². The highest BCUT2D eigenvalue weighted by molar-refractivity contribution is 9.10. The summed E-state index contributed by atoms with van der Waals surface area (Å²) in [6.07, 6.45) is 4.98. The fourth-order valence-electron chi connectivity index (χ4n) is 3.67. The normalized spacial score (nSPS) is 17.5. The van der Waals surface area contributed by atoms with E-state index < -0.39 is 0 Å². The zero-order valence-corrected chi connectivity index (χ0v) is 19.1. The first-order valence-electron chi connectivity index (χ1n) is 10.2. The zero-order valence-electron chi connectivity index (χ0n) is 17.5. The molecule has 0 radical (unpaired) electrons. The van der Waals surface area contributed by atoms with Crippen molar-refractivity contribution in [2.75, 3.05) is 24.5 Å². The molecule has 0 bridgehead atoms. The Morgan fingerprint density at radius 2 is 2.07 bits per heavy atom. The Balaban J connectivity index is 1.61. The van der Waals surface area contributed by atoms with Gasteiger partial charge in [-0.1, -0.05) is 22.5 Å². The first kappa shape index (κ1) is 22.2. The van der Waals surface area contributed by atoms with Crippen molar-refractivity contribution in [3.8, 4) is 0 Å². The van der Waals surface area contributed by atoms with E-state index in [1.807, 2.05) is 26.0 Å². The molecule has 1 saturated heterocycles. The fourth-order valence-corrected chi connectivity index (χ4v) is 4.08. The van der Waals surface area contributed by atoms with Crippen LogP contribution < -0.4 is 10.6 Å². The minimum absolute atomic E-state index is 0.0438. The largest absolute Gasteiger partial charge is 0.474 e. The maximum Gasteiger partial charge on any atom is 0.410 e. The molecule has 0 saturated carbocycles. The molecule has 2 aliphatic rings. The Bertz CT molecular complexity index is 845. The van der Waals surface area contributed by atoms with Crippen LogP contribution in [0, 0.1) is 0 Å². The standard InChI is InChI=1S/C22H29BrN4O3/c1-15(2)29-22(28)26-9-7-19(8-10-26)30-21(25-14-24)12-16(3)27-11-6-17-13-18(23)4-5-20(17)27/h4-5,12-15,19H,3,6-11H2,1-2H3,(H2,24,25)/b21-12+. The number of halogens is 1. The molecule has 30 heavy (non-hydrogen) atoms. The number of benzene rings is 1. The SMILES string of the molecule is C=C(/C=C(\N=CN)OC1CCN(C(=O)OC(C)C)CC1)N1CCc2cc(Br)ccc21. The van der Waals surface area contributed by atoms with Gasteiger partial charge in [0.25, 0.3) is 0 Å². The molecule has 1 aromatic rings. The van der Waals surface area contributed by atoms with Gasteiger partial charge in [0, 0.05) is 54.4 Å². The van der Waals surface area contributed by atoms with Crippen LogP contribution in [0.4, 0.5) is 10.5 Å². The number of amides is 1. The van der Waals surface area contributed by atoms with Crippen molar-refractivity contribution in [2.45, 2.75) is 45.3 Å². The van der Waals surface area contributed by atoms with Crippen molar-refractivity contribution in [1.29, 1.82) is 0 Å². The molecule has 8 heteroatoms. The number of piperidine rings is 1. The number of anilines is 1. The van der Waals surface area contributed by atoms with Crippen LogP contribution in [0.3, 0.4) is 0 Å². The van der Waals surface area contributed by atoms with Crippen LogP contribution >= 0.6 is 15.9 Å². The maximum atomic E-state index is 12.0. The van der Waals surface area contributed by atoms with Gasteiger partial charge in [-0.3, -0.25) is 0 Å². The molecular formula is C22H29BrN4O3. The highest BCUT2D eigenvalue weighted by Gasteiger charge is 2.26. The van der Waals surface area contributed by atoms with Crippen LogP contribution in [-0.2, 0) is 15.9 Å². The average molecular weight is 477 g/mol. The molecule has 1 aromatic carbocycles. The number of carbonyl (C=O) groups excluding carboxylic acids is 1. The summed E-state index contributed by atoms with van der Waals surface area (Å²) in [5.74, 6) is 0.427.